The molecule has 2 aromatic carbocycles. The summed E-state index contributed by atoms with van der Waals surface area (Å²) in [5.41, 5.74) is 0.747. The summed E-state index contributed by atoms with van der Waals surface area (Å²) in [4.78, 5) is 12.3. The number of nitrogens with one attached hydrogen (secondary N) is 2. The predicted molar refractivity (Wildman–Crippen MR) is 82.6 cm³/mol. The van der Waals surface area contributed by atoms with Gasteiger partial charge in [0.2, 0.25) is 0 Å². The van der Waals surface area contributed by atoms with Crippen LogP contribution in [-0.4, -0.2) is 12.5 Å². The van der Waals surface area contributed by atoms with E-state index in [4.69, 9.17) is 0 Å². The van der Waals surface area contributed by atoms with E-state index in [1.165, 1.54) is 36.4 Å². The van der Waals surface area contributed by atoms with E-state index in [0.29, 0.717) is 16.7 Å². The Morgan fingerprint density at radius 2 is 2.00 bits per heavy atom. The minimum atomic E-state index is -0.498. The molecule has 0 aliphatic carbocycles. The molecular weight excluding hydrogens is 342 g/mol. The standard InChI is InChI=1S/C15H13BrF2N2O/c1-2-19-14-10(4-3-5-12(14)18)15(21)20-13-7-6-9(17)8-11(13)16/h3-8,19H,2H2,1H3,(H,20,21). The zero-order chi connectivity index (χ0) is 15.4. The van der Waals surface area contributed by atoms with Crippen LogP contribution in [0.15, 0.2) is 40.9 Å². The number of benzene rings is 2. The summed E-state index contributed by atoms with van der Waals surface area (Å²) in [5.74, 6) is -1.39. The lowest BCUT2D eigenvalue weighted by Crippen LogP contribution is -2.16. The second kappa shape index (κ2) is 6.67. The molecule has 0 unspecified atom stereocenters. The molecule has 1 amide bonds. The molecule has 0 fully saturated rings. The molecule has 0 atom stereocenters. The Balaban J connectivity index is 2.30. The fourth-order valence-corrected chi connectivity index (χ4v) is 2.30. The van der Waals surface area contributed by atoms with Crippen LogP contribution < -0.4 is 10.6 Å². The summed E-state index contributed by atoms with van der Waals surface area (Å²) < 4.78 is 27.2. The van der Waals surface area contributed by atoms with Crippen LogP contribution >= 0.6 is 15.9 Å². The average Bonchev–Trinajstić information content (AvgIpc) is 2.44. The Morgan fingerprint density at radius 3 is 2.67 bits per heavy atom. The number of halogens is 3. The fourth-order valence-electron chi connectivity index (χ4n) is 1.85. The lowest BCUT2D eigenvalue weighted by molar-refractivity contribution is 0.102. The van der Waals surface area contributed by atoms with Crippen LogP contribution in [0, 0.1) is 11.6 Å². The highest BCUT2D eigenvalue weighted by molar-refractivity contribution is 9.10. The smallest absolute Gasteiger partial charge is 0.257 e. The van der Waals surface area contributed by atoms with Gasteiger partial charge in [-0.2, -0.15) is 0 Å². The third-order valence-electron chi connectivity index (χ3n) is 2.79. The molecule has 0 aromatic heterocycles. The van der Waals surface area contributed by atoms with Gasteiger partial charge in [-0.1, -0.05) is 6.07 Å². The Kier molecular flexibility index (Phi) is 4.90. The van der Waals surface area contributed by atoms with Crippen molar-refractivity contribution in [2.45, 2.75) is 6.92 Å². The Labute approximate surface area is 129 Å². The molecule has 0 saturated heterocycles. The predicted octanol–water partition coefficient (Wildman–Crippen LogP) is 4.41. The van der Waals surface area contributed by atoms with Crippen molar-refractivity contribution < 1.29 is 13.6 Å². The zero-order valence-electron chi connectivity index (χ0n) is 11.2. The first kappa shape index (κ1) is 15.4. The van der Waals surface area contributed by atoms with Crippen molar-refractivity contribution in [3.05, 3.63) is 58.1 Å². The maximum Gasteiger partial charge on any atom is 0.257 e. The summed E-state index contributed by atoms with van der Waals surface area (Å²) in [6.07, 6.45) is 0. The third-order valence-corrected chi connectivity index (χ3v) is 3.45. The highest BCUT2D eigenvalue weighted by atomic mass is 79.9. The normalized spacial score (nSPS) is 10.3. The van der Waals surface area contributed by atoms with Gasteiger partial charge in [0.05, 0.1) is 16.9 Å². The number of hydrogen-bond donors (Lipinski definition) is 2. The third kappa shape index (κ3) is 3.58. The molecule has 2 rings (SSSR count). The van der Waals surface area contributed by atoms with Crippen LogP contribution in [0.4, 0.5) is 20.2 Å². The van der Waals surface area contributed by atoms with E-state index in [1.807, 2.05) is 6.92 Å². The summed E-state index contributed by atoms with van der Waals surface area (Å²) in [5, 5.41) is 5.45. The molecule has 2 N–H and O–H groups in total. The number of para-hydroxylation sites is 1. The molecule has 21 heavy (non-hydrogen) atoms. The van der Waals surface area contributed by atoms with Gasteiger partial charge in [-0.05, 0) is 53.2 Å². The van der Waals surface area contributed by atoms with Crippen LogP contribution in [0.1, 0.15) is 17.3 Å². The quantitative estimate of drug-likeness (QED) is 0.853. The van der Waals surface area contributed by atoms with Gasteiger partial charge in [-0.25, -0.2) is 8.78 Å². The van der Waals surface area contributed by atoms with Gasteiger partial charge in [0, 0.05) is 11.0 Å². The first-order valence-electron chi connectivity index (χ1n) is 6.31. The van der Waals surface area contributed by atoms with Crippen molar-refractivity contribution >= 4 is 33.2 Å². The van der Waals surface area contributed by atoms with Crippen LogP contribution in [0.3, 0.4) is 0 Å². The first-order valence-corrected chi connectivity index (χ1v) is 7.11. The molecule has 0 heterocycles. The van der Waals surface area contributed by atoms with E-state index in [2.05, 4.69) is 26.6 Å². The van der Waals surface area contributed by atoms with Crippen LogP contribution in [0.5, 0.6) is 0 Å². The minimum Gasteiger partial charge on any atom is -0.382 e. The fraction of sp³-hybridized carbons (Fsp3) is 0.133. The highest BCUT2D eigenvalue weighted by Gasteiger charge is 2.15. The van der Waals surface area contributed by atoms with Gasteiger partial charge >= 0.3 is 0 Å². The van der Waals surface area contributed by atoms with E-state index in [-0.39, 0.29) is 11.3 Å². The number of anilines is 2. The van der Waals surface area contributed by atoms with E-state index in [9.17, 15) is 13.6 Å². The molecule has 110 valence electrons. The summed E-state index contributed by atoms with van der Waals surface area (Å²) in [6, 6.07) is 8.17. The molecule has 6 heteroatoms. The monoisotopic (exact) mass is 354 g/mol. The van der Waals surface area contributed by atoms with E-state index < -0.39 is 17.5 Å². The lowest BCUT2D eigenvalue weighted by Gasteiger charge is -2.12. The van der Waals surface area contributed by atoms with Gasteiger partial charge in [0.15, 0.2) is 0 Å². The van der Waals surface area contributed by atoms with Crippen molar-refractivity contribution in [3.8, 4) is 0 Å². The highest BCUT2D eigenvalue weighted by Crippen LogP contribution is 2.25. The Hall–Kier alpha value is -1.95. The average molecular weight is 355 g/mol. The Bertz CT molecular complexity index is 677. The zero-order valence-corrected chi connectivity index (χ0v) is 12.8. The maximum absolute atomic E-state index is 13.8. The summed E-state index contributed by atoms with van der Waals surface area (Å²) >= 11 is 3.17. The van der Waals surface area contributed by atoms with E-state index >= 15 is 0 Å². The number of carbonyl (C=O) groups excluding carboxylic acids is 1. The molecule has 0 saturated carbocycles. The van der Waals surface area contributed by atoms with Crippen molar-refractivity contribution in [3.63, 3.8) is 0 Å². The second-order valence-electron chi connectivity index (χ2n) is 4.27. The van der Waals surface area contributed by atoms with Crippen molar-refractivity contribution in [2.75, 3.05) is 17.2 Å². The van der Waals surface area contributed by atoms with Crippen molar-refractivity contribution in [1.82, 2.24) is 0 Å². The Morgan fingerprint density at radius 1 is 1.24 bits per heavy atom. The molecule has 3 nitrogen and oxygen atoms in total. The van der Waals surface area contributed by atoms with Gasteiger partial charge < -0.3 is 10.6 Å². The minimum absolute atomic E-state index is 0.149. The number of hydrogen-bond acceptors (Lipinski definition) is 2. The number of rotatable bonds is 4. The molecule has 2 aromatic rings. The molecule has 0 bridgehead atoms. The van der Waals surface area contributed by atoms with Crippen molar-refractivity contribution in [1.29, 1.82) is 0 Å². The molecule has 0 aliphatic heterocycles. The second-order valence-corrected chi connectivity index (χ2v) is 5.13. The largest absolute Gasteiger partial charge is 0.382 e. The summed E-state index contributed by atoms with van der Waals surface area (Å²) in [7, 11) is 0. The molecule has 0 spiro atoms. The maximum atomic E-state index is 13.8. The molecule has 0 aliphatic rings. The van der Waals surface area contributed by atoms with Crippen LogP contribution in [0.25, 0.3) is 0 Å². The topological polar surface area (TPSA) is 41.1 Å². The van der Waals surface area contributed by atoms with Gasteiger partial charge in [0.25, 0.3) is 5.91 Å². The van der Waals surface area contributed by atoms with Gasteiger partial charge in [-0.15, -0.1) is 0 Å². The summed E-state index contributed by atoms with van der Waals surface area (Å²) in [6.45, 7) is 2.30. The van der Waals surface area contributed by atoms with Crippen LogP contribution in [0.2, 0.25) is 0 Å². The lowest BCUT2D eigenvalue weighted by atomic mass is 10.1. The first-order chi connectivity index (χ1) is 10.0. The molecule has 0 radical (unpaired) electrons. The van der Waals surface area contributed by atoms with Crippen molar-refractivity contribution in [2.24, 2.45) is 0 Å². The number of amides is 1. The van der Waals surface area contributed by atoms with E-state index in [0.717, 1.165) is 0 Å². The van der Waals surface area contributed by atoms with Crippen LogP contribution in [-0.2, 0) is 0 Å². The molecular formula is C15H13BrF2N2O. The van der Waals surface area contributed by atoms with E-state index in [1.54, 1.807) is 0 Å². The van der Waals surface area contributed by atoms with Gasteiger partial charge in [0.1, 0.15) is 11.6 Å². The SMILES string of the molecule is CCNc1c(F)cccc1C(=O)Nc1ccc(F)cc1Br. The van der Waals surface area contributed by atoms with Gasteiger partial charge in [-0.3, -0.25) is 4.79 Å². The number of carbonyl (C=O) groups is 1.